The summed E-state index contributed by atoms with van der Waals surface area (Å²) in [5.74, 6) is -1.07. The van der Waals surface area contributed by atoms with Crippen molar-refractivity contribution >= 4 is 56.8 Å². The third-order valence-corrected chi connectivity index (χ3v) is 5.40. The number of non-ortho nitro benzene ring substituents is 1. The lowest BCUT2D eigenvalue weighted by molar-refractivity contribution is -0.384. The van der Waals surface area contributed by atoms with Crippen LogP contribution in [0, 0.1) is 17.0 Å². The van der Waals surface area contributed by atoms with E-state index in [0.29, 0.717) is 26.3 Å². The summed E-state index contributed by atoms with van der Waals surface area (Å²) in [7, 11) is 0. The second-order valence-electron chi connectivity index (χ2n) is 6.75. The van der Waals surface area contributed by atoms with Gasteiger partial charge in [0, 0.05) is 27.3 Å². The van der Waals surface area contributed by atoms with E-state index in [2.05, 4.69) is 26.6 Å². The van der Waals surface area contributed by atoms with Crippen LogP contribution in [-0.4, -0.2) is 16.7 Å². The first-order chi connectivity index (χ1) is 15.2. The first-order valence-corrected chi connectivity index (χ1v) is 10.5. The molecular formula is C23H17BrClN3O4. The number of halogens is 2. The van der Waals surface area contributed by atoms with Gasteiger partial charge in [-0.3, -0.25) is 19.7 Å². The average Bonchev–Trinajstić information content (AvgIpc) is 2.76. The molecule has 0 spiro atoms. The molecule has 0 saturated carbocycles. The number of rotatable bonds is 6. The molecule has 0 unspecified atom stereocenters. The maximum atomic E-state index is 13.1. The monoisotopic (exact) mass is 513 g/mol. The van der Waals surface area contributed by atoms with Crippen molar-refractivity contribution in [1.82, 2.24) is 5.32 Å². The number of nitro benzene ring substituents is 1. The second-order valence-corrected chi connectivity index (χ2v) is 8.04. The molecule has 0 aliphatic heterocycles. The minimum atomic E-state index is -0.575. The van der Waals surface area contributed by atoms with E-state index in [-0.39, 0.29) is 11.4 Å². The number of amides is 2. The first kappa shape index (κ1) is 23.2. The molecule has 9 heteroatoms. The molecule has 0 fully saturated rings. The molecule has 0 saturated heterocycles. The van der Waals surface area contributed by atoms with Gasteiger partial charge in [0.1, 0.15) is 5.70 Å². The highest BCUT2D eigenvalue weighted by molar-refractivity contribution is 9.10. The molecule has 2 N–H and O–H groups in total. The molecule has 3 aromatic carbocycles. The van der Waals surface area contributed by atoms with E-state index in [1.165, 1.54) is 30.3 Å². The topological polar surface area (TPSA) is 101 Å². The number of nitrogens with one attached hydrogen (secondary N) is 2. The standard InChI is InChI=1S/C23H17BrClN3O4/c1-14-6-9-16(25)13-20(14)26-23(30)21(12-15-7-10-17(11-8-15)28(31)32)27-22(29)18-4-2-3-5-19(18)24/h2-13H,1H3,(H,26,30)(H,27,29)/b21-12+. The molecule has 0 atom stereocenters. The van der Waals surface area contributed by atoms with Gasteiger partial charge in [-0.25, -0.2) is 0 Å². The Morgan fingerprint density at radius 1 is 1.06 bits per heavy atom. The molecule has 0 bridgehead atoms. The van der Waals surface area contributed by atoms with Crippen LogP contribution in [0.3, 0.4) is 0 Å². The number of hydrogen-bond donors (Lipinski definition) is 2. The smallest absolute Gasteiger partial charge is 0.272 e. The van der Waals surface area contributed by atoms with Gasteiger partial charge in [-0.15, -0.1) is 0 Å². The van der Waals surface area contributed by atoms with Crippen molar-refractivity contribution in [3.8, 4) is 0 Å². The van der Waals surface area contributed by atoms with E-state index in [9.17, 15) is 19.7 Å². The number of nitrogens with zero attached hydrogens (tertiary/aromatic N) is 1. The van der Waals surface area contributed by atoms with Crippen molar-refractivity contribution in [2.45, 2.75) is 6.92 Å². The van der Waals surface area contributed by atoms with Gasteiger partial charge < -0.3 is 10.6 Å². The average molecular weight is 515 g/mol. The minimum Gasteiger partial charge on any atom is -0.320 e. The van der Waals surface area contributed by atoms with Crippen molar-refractivity contribution in [1.29, 1.82) is 0 Å². The van der Waals surface area contributed by atoms with E-state index in [1.807, 2.05) is 6.92 Å². The quantitative estimate of drug-likeness (QED) is 0.249. The Hall–Kier alpha value is -3.49. The van der Waals surface area contributed by atoms with Crippen LogP contribution in [0.2, 0.25) is 5.02 Å². The highest BCUT2D eigenvalue weighted by Crippen LogP contribution is 2.22. The van der Waals surface area contributed by atoms with Gasteiger partial charge in [-0.2, -0.15) is 0 Å². The Labute approximate surface area is 197 Å². The van der Waals surface area contributed by atoms with Gasteiger partial charge >= 0.3 is 0 Å². The zero-order chi connectivity index (χ0) is 23.3. The summed E-state index contributed by atoms with van der Waals surface area (Å²) < 4.78 is 0.568. The molecule has 32 heavy (non-hydrogen) atoms. The fraction of sp³-hybridized carbons (Fsp3) is 0.0435. The third-order valence-electron chi connectivity index (χ3n) is 4.47. The predicted molar refractivity (Wildman–Crippen MR) is 128 cm³/mol. The summed E-state index contributed by atoms with van der Waals surface area (Å²) in [5.41, 5.74) is 1.99. The van der Waals surface area contributed by atoms with E-state index >= 15 is 0 Å². The molecule has 0 aromatic heterocycles. The summed E-state index contributed by atoms with van der Waals surface area (Å²) in [6.45, 7) is 1.81. The summed E-state index contributed by atoms with van der Waals surface area (Å²) in [4.78, 5) is 36.2. The second kappa shape index (κ2) is 10.2. The van der Waals surface area contributed by atoms with Gasteiger partial charge in [-0.1, -0.05) is 29.8 Å². The number of aryl methyl sites for hydroxylation is 1. The number of anilines is 1. The van der Waals surface area contributed by atoms with Gasteiger partial charge in [-0.05, 0) is 76.5 Å². The number of hydrogen-bond acceptors (Lipinski definition) is 4. The van der Waals surface area contributed by atoms with Crippen LogP contribution in [0.1, 0.15) is 21.5 Å². The first-order valence-electron chi connectivity index (χ1n) is 9.34. The maximum Gasteiger partial charge on any atom is 0.272 e. The van der Waals surface area contributed by atoms with Crippen LogP contribution in [0.5, 0.6) is 0 Å². The van der Waals surface area contributed by atoms with Crippen LogP contribution in [0.15, 0.2) is 76.9 Å². The number of benzene rings is 3. The summed E-state index contributed by atoms with van der Waals surface area (Å²) >= 11 is 9.36. The van der Waals surface area contributed by atoms with E-state index < -0.39 is 16.7 Å². The summed E-state index contributed by atoms with van der Waals surface area (Å²) in [6, 6.07) is 17.5. The van der Waals surface area contributed by atoms with Gasteiger partial charge in [0.2, 0.25) is 0 Å². The highest BCUT2D eigenvalue weighted by atomic mass is 79.9. The van der Waals surface area contributed by atoms with Crippen LogP contribution in [0.25, 0.3) is 6.08 Å². The molecule has 0 aliphatic rings. The molecule has 162 valence electrons. The molecule has 2 amide bonds. The summed E-state index contributed by atoms with van der Waals surface area (Å²) in [5, 5.41) is 16.7. The number of carbonyl (C=O) groups excluding carboxylic acids is 2. The van der Waals surface area contributed by atoms with Crippen molar-refractivity contribution in [3.05, 3.63) is 109 Å². The largest absolute Gasteiger partial charge is 0.320 e. The lowest BCUT2D eigenvalue weighted by Gasteiger charge is -2.13. The zero-order valence-corrected chi connectivity index (χ0v) is 19.1. The predicted octanol–water partition coefficient (Wildman–Crippen LogP) is 5.73. The fourth-order valence-electron chi connectivity index (χ4n) is 2.77. The molecule has 3 rings (SSSR count). The lowest BCUT2D eigenvalue weighted by Crippen LogP contribution is -2.31. The van der Waals surface area contributed by atoms with Crippen molar-refractivity contribution in [2.75, 3.05) is 5.32 Å². The van der Waals surface area contributed by atoms with E-state index in [1.54, 1.807) is 42.5 Å². The molecule has 3 aromatic rings. The van der Waals surface area contributed by atoms with Crippen molar-refractivity contribution < 1.29 is 14.5 Å². The number of nitro groups is 1. The maximum absolute atomic E-state index is 13.1. The fourth-order valence-corrected chi connectivity index (χ4v) is 3.41. The SMILES string of the molecule is Cc1ccc(Cl)cc1NC(=O)/C(=C\c1ccc([N+](=O)[O-])cc1)NC(=O)c1ccccc1Br. The Balaban J connectivity index is 1.95. The Kier molecular flexibility index (Phi) is 7.40. The Morgan fingerprint density at radius 2 is 1.75 bits per heavy atom. The lowest BCUT2D eigenvalue weighted by atomic mass is 10.1. The van der Waals surface area contributed by atoms with Gasteiger partial charge in [0.05, 0.1) is 10.5 Å². The molecular weight excluding hydrogens is 498 g/mol. The third kappa shape index (κ3) is 5.81. The van der Waals surface area contributed by atoms with Crippen molar-refractivity contribution in [2.24, 2.45) is 0 Å². The molecule has 7 nitrogen and oxygen atoms in total. The summed E-state index contributed by atoms with van der Waals surface area (Å²) in [6.07, 6.45) is 1.44. The van der Waals surface area contributed by atoms with Crippen LogP contribution in [0.4, 0.5) is 11.4 Å². The van der Waals surface area contributed by atoms with Crippen LogP contribution in [-0.2, 0) is 4.79 Å². The van der Waals surface area contributed by atoms with Crippen LogP contribution < -0.4 is 10.6 Å². The zero-order valence-electron chi connectivity index (χ0n) is 16.8. The normalized spacial score (nSPS) is 11.0. The molecule has 0 heterocycles. The Morgan fingerprint density at radius 3 is 2.41 bits per heavy atom. The van der Waals surface area contributed by atoms with Crippen molar-refractivity contribution in [3.63, 3.8) is 0 Å². The molecule has 0 aliphatic carbocycles. The van der Waals surface area contributed by atoms with E-state index in [0.717, 1.165) is 5.56 Å². The van der Waals surface area contributed by atoms with E-state index in [4.69, 9.17) is 11.6 Å². The minimum absolute atomic E-state index is 0.0426. The molecule has 0 radical (unpaired) electrons. The number of carbonyl (C=O) groups is 2. The van der Waals surface area contributed by atoms with Gasteiger partial charge in [0.15, 0.2) is 0 Å². The highest BCUT2D eigenvalue weighted by Gasteiger charge is 2.17. The Bertz CT molecular complexity index is 1230. The van der Waals surface area contributed by atoms with Gasteiger partial charge in [0.25, 0.3) is 17.5 Å². The van der Waals surface area contributed by atoms with Crippen LogP contribution >= 0.6 is 27.5 Å².